The summed E-state index contributed by atoms with van der Waals surface area (Å²) in [6.07, 6.45) is 5.66. The molecule has 1 aliphatic carbocycles. The van der Waals surface area contributed by atoms with Crippen molar-refractivity contribution in [3.8, 4) is 0 Å². The van der Waals surface area contributed by atoms with Crippen molar-refractivity contribution in [2.75, 3.05) is 0 Å². The molecule has 0 saturated heterocycles. The summed E-state index contributed by atoms with van der Waals surface area (Å²) in [4.78, 5) is 0. The monoisotopic (exact) mass is 160 g/mol. The Bertz CT molecular complexity index is 427. The summed E-state index contributed by atoms with van der Waals surface area (Å²) < 4.78 is 12.8. The summed E-state index contributed by atoms with van der Waals surface area (Å²) >= 11 is 0. The van der Waals surface area contributed by atoms with Crippen molar-refractivity contribution in [2.24, 2.45) is 0 Å². The molecule has 1 aromatic rings. The minimum Gasteiger partial charge on any atom is -0.211 e. The van der Waals surface area contributed by atoms with Gasteiger partial charge in [-0.3, -0.25) is 0 Å². The van der Waals surface area contributed by atoms with Crippen molar-refractivity contribution in [3.05, 3.63) is 46.6 Å². The highest BCUT2D eigenvalue weighted by Crippen LogP contribution is 2.04. The van der Waals surface area contributed by atoms with E-state index in [1.807, 2.05) is 36.4 Å². The zero-order valence-corrected chi connectivity index (χ0v) is 6.63. The highest BCUT2D eigenvalue weighted by atomic mass is 19.1. The molecule has 0 radical (unpaired) electrons. The molecule has 12 heavy (non-hydrogen) atoms. The maximum Gasteiger partial charge on any atom is 0.104 e. The molecular formula is C11H9F. The predicted molar refractivity (Wildman–Crippen MR) is 48.4 cm³/mol. The van der Waals surface area contributed by atoms with Crippen molar-refractivity contribution in [1.29, 1.82) is 0 Å². The third-order valence-corrected chi connectivity index (χ3v) is 1.96. The fraction of sp³-hybridized carbons (Fsp3) is 0.0909. The molecule has 0 unspecified atom stereocenters. The van der Waals surface area contributed by atoms with Crippen LogP contribution in [0.1, 0.15) is 6.42 Å². The zero-order valence-electron chi connectivity index (χ0n) is 6.63. The van der Waals surface area contributed by atoms with Gasteiger partial charge in [-0.1, -0.05) is 36.4 Å². The molecule has 0 spiro atoms. The standard InChI is InChI=1S/C11H9F/c12-11-7-5-9-3-1-2-4-10(9)6-8-11/h1-7H,8H2. The fourth-order valence-corrected chi connectivity index (χ4v) is 1.30. The number of allylic oxidation sites excluding steroid dienone is 2. The van der Waals surface area contributed by atoms with E-state index in [-0.39, 0.29) is 5.83 Å². The van der Waals surface area contributed by atoms with Gasteiger partial charge >= 0.3 is 0 Å². The summed E-state index contributed by atoms with van der Waals surface area (Å²) in [6, 6.07) is 7.91. The van der Waals surface area contributed by atoms with E-state index in [9.17, 15) is 4.39 Å². The van der Waals surface area contributed by atoms with Crippen molar-refractivity contribution in [3.63, 3.8) is 0 Å². The van der Waals surface area contributed by atoms with Crippen LogP contribution in [0, 0.1) is 0 Å². The lowest BCUT2D eigenvalue weighted by molar-refractivity contribution is 0.625. The van der Waals surface area contributed by atoms with Gasteiger partial charge < -0.3 is 0 Å². The lowest BCUT2D eigenvalue weighted by Crippen LogP contribution is -2.22. The smallest absolute Gasteiger partial charge is 0.104 e. The fourth-order valence-electron chi connectivity index (χ4n) is 1.30. The molecule has 0 heterocycles. The number of rotatable bonds is 0. The van der Waals surface area contributed by atoms with Crippen LogP contribution in [0.25, 0.3) is 12.2 Å². The van der Waals surface area contributed by atoms with Gasteiger partial charge in [0.2, 0.25) is 0 Å². The second-order valence-corrected chi connectivity index (χ2v) is 2.82. The van der Waals surface area contributed by atoms with Crippen LogP contribution in [0.4, 0.5) is 4.39 Å². The first-order valence-corrected chi connectivity index (χ1v) is 3.98. The van der Waals surface area contributed by atoms with Crippen LogP contribution in [0.5, 0.6) is 0 Å². The second-order valence-electron chi connectivity index (χ2n) is 2.82. The van der Waals surface area contributed by atoms with Crippen molar-refractivity contribution in [2.45, 2.75) is 6.42 Å². The lowest BCUT2D eigenvalue weighted by atomic mass is 10.2. The van der Waals surface area contributed by atoms with E-state index < -0.39 is 0 Å². The summed E-state index contributed by atoms with van der Waals surface area (Å²) in [5.41, 5.74) is 0. The molecule has 0 fully saturated rings. The first kappa shape index (κ1) is 7.29. The number of halogens is 1. The summed E-state index contributed by atoms with van der Waals surface area (Å²) in [7, 11) is 0. The largest absolute Gasteiger partial charge is 0.211 e. The highest BCUT2D eigenvalue weighted by molar-refractivity contribution is 5.45. The van der Waals surface area contributed by atoms with Crippen LogP contribution in [0.15, 0.2) is 36.2 Å². The minimum absolute atomic E-state index is 0.0776. The molecule has 0 bridgehead atoms. The van der Waals surface area contributed by atoms with Gasteiger partial charge in [-0.05, 0) is 16.5 Å². The van der Waals surface area contributed by atoms with Crippen molar-refractivity contribution >= 4 is 12.2 Å². The Morgan fingerprint density at radius 3 is 2.58 bits per heavy atom. The van der Waals surface area contributed by atoms with E-state index in [1.54, 1.807) is 0 Å². The van der Waals surface area contributed by atoms with E-state index in [1.165, 1.54) is 6.08 Å². The quantitative estimate of drug-likeness (QED) is 0.539. The van der Waals surface area contributed by atoms with Gasteiger partial charge in [0.05, 0.1) is 0 Å². The van der Waals surface area contributed by atoms with Gasteiger partial charge in [0.1, 0.15) is 5.83 Å². The van der Waals surface area contributed by atoms with Gasteiger partial charge in [0.15, 0.2) is 0 Å². The Labute approximate surface area is 70.3 Å². The highest BCUT2D eigenvalue weighted by Gasteiger charge is 1.93. The Balaban J connectivity index is 2.72. The van der Waals surface area contributed by atoms with Crippen LogP contribution >= 0.6 is 0 Å². The summed E-state index contributed by atoms with van der Waals surface area (Å²) in [5.74, 6) is -0.0776. The van der Waals surface area contributed by atoms with Gasteiger partial charge in [-0.25, -0.2) is 4.39 Å². The zero-order chi connectivity index (χ0) is 8.39. The lowest BCUT2D eigenvalue weighted by Gasteiger charge is -1.86. The topological polar surface area (TPSA) is 0 Å². The summed E-state index contributed by atoms with van der Waals surface area (Å²) in [5, 5.41) is 2.20. The number of hydrogen-bond donors (Lipinski definition) is 0. The molecule has 1 aromatic carbocycles. The molecule has 0 amide bonds. The first-order valence-electron chi connectivity index (χ1n) is 3.98. The second kappa shape index (κ2) is 2.94. The minimum atomic E-state index is -0.0776. The van der Waals surface area contributed by atoms with Crippen LogP contribution in [-0.2, 0) is 0 Å². The van der Waals surface area contributed by atoms with E-state index in [0.717, 1.165) is 10.4 Å². The van der Waals surface area contributed by atoms with Gasteiger partial charge in [0.25, 0.3) is 0 Å². The Morgan fingerprint density at radius 2 is 1.75 bits per heavy atom. The third kappa shape index (κ3) is 1.30. The average molecular weight is 160 g/mol. The maximum absolute atomic E-state index is 12.8. The Morgan fingerprint density at radius 1 is 1.00 bits per heavy atom. The van der Waals surface area contributed by atoms with E-state index in [0.29, 0.717) is 6.42 Å². The average Bonchev–Trinajstić information content (AvgIpc) is 2.29. The molecule has 60 valence electrons. The normalized spacial score (nSPS) is 14.9. The molecule has 0 saturated carbocycles. The molecule has 2 rings (SSSR count). The third-order valence-electron chi connectivity index (χ3n) is 1.96. The van der Waals surface area contributed by atoms with Gasteiger partial charge in [-0.15, -0.1) is 0 Å². The van der Waals surface area contributed by atoms with Gasteiger partial charge in [-0.2, -0.15) is 0 Å². The van der Waals surface area contributed by atoms with Crippen LogP contribution in [0.3, 0.4) is 0 Å². The van der Waals surface area contributed by atoms with E-state index in [2.05, 4.69) is 0 Å². The SMILES string of the molecule is FC1=CC=c2ccccc2=CC1. The number of fused-ring (bicyclic) bond motifs is 1. The Hall–Kier alpha value is -1.37. The molecule has 0 nitrogen and oxygen atoms in total. The molecule has 0 atom stereocenters. The van der Waals surface area contributed by atoms with E-state index in [4.69, 9.17) is 0 Å². The molecule has 0 N–H and O–H groups in total. The Kier molecular flexibility index (Phi) is 1.78. The molecule has 0 aliphatic heterocycles. The van der Waals surface area contributed by atoms with Crippen molar-refractivity contribution in [1.82, 2.24) is 0 Å². The number of hydrogen-bond acceptors (Lipinski definition) is 0. The maximum atomic E-state index is 12.8. The first-order chi connectivity index (χ1) is 5.86. The van der Waals surface area contributed by atoms with Crippen LogP contribution < -0.4 is 10.4 Å². The number of benzene rings is 1. The van der Waals surface area contributed by atoms with Crippen LogP contribution in [0.2, 0.25) is 0 Å². The molecular weight excluding hydrogens is 151 g/mol. The molecule has 1 aliphatic rings. The van der Waals surface area contributed by atoms with E-state index >= 15 is 0 Å². The van der Waals surface area contributed by atoms with Crippen molar-refractivity contribution < 1.29 is 4.39 Å². The predicted octanol–water partition coefficient (Wildman–Crippen LogP) is 1.50. The molecule has 0 aromatic heterocycles. The van der Waals surface area contributed by atoms with Gasteiger partial charge in [0, 0.05) is 6.42 Å². The summed E-state index contributed by atoms with van der Waals surface area (Å²) in [6.45, 7) is 0. The van der Waals surface area contributed by atoms with Crippen LogP contribution in [-0.4, -0.2) is 0 Å². The molecule has 1 heteroatoms.